The maximum absolute atomic E-state index is 13.4. The Balaban J connectivity index is 2.01. The van der Waals surface area contributed by atoms with E-state index in [-0.39, 0.29) is 16.9 Å². The molecule has 186 valence electrons. The Labute approximate surface area is 218 Å². The second kappa shape index (κ2) is 10.5. The first-order valence-corrected chi connectivity index (χ1v) is 11.8. The van der Waals surface area contributed by atoms with Gasteiger partial charge < -0.3 is 19.3 Å². The Morgan fingerprint density at radius 3 is 2.28 bits per heavy atom. The number of nitrogens with zero attached hydrogens (tertiary/aromatic N) is 1. The van der Waals surface area contributed by atoms with Crippen LogP contribution in [0.5, 0.6) is 17.2 Å². The third-order valence-corrected chi connectivity index (χ3v) is 6.22. The molecular weight excluding hydrogens is 505 g/mol. The summed E-state index contributed by atoms with van der Waals surface area (Å²) in [5, 5.41) is 12.1. The highest BCUT2D eigenvalue weighted by Gasteiger charge is 2.47. The van der Waals surface area contributed by atoms with Crippen LogP contribution in [0, 0.1) is 0 Å². The molecule has 3 aromatic carbocycles. The number of methoxy groups -OCH3 is 2. The van der Waals surface area contributed by atoms with Gasteiger partial charge in [0.25, 0.3) is 11.7 Å². The van der Waals surface area contributed by atoms with E-state index in [1.165, 1.54) is 25.2 Å². The van der Waals surface area contributed by atoms with Crippen molar-refractivity contribution in [2.75, 3.05) is 25.7 Å². The van der Waals surface area contributed by atoms with Crippen molar-refractivity contribution in [2.45, 2.75) is 13.0 Å². The summed E-state index contributed by atoms with van der Waals surface area (Å²) < 4.78 is 16.5. The number of aliphatic hydroxyl groups is 1. The fraction of sp³-hybridized carbons (Fsp3) is 0.185. The third-order valence-electron chi connectivity index (χ3n) is 5.75. The molecule has 1 aliphatic heterocycles. The maximum Gasteiger partial charge on any atom is 0.300 e. The molecule has 4 rings (SSSR count). The van der Waals surface area contributed by atoms with E-state index in [0.29, 0.717) is 39.4 Å². The molecule has 1 amide bonds. The number of aliphatic hydroxyl groups excluding tert-OH is 1. The Morgan fingerprint density at radius 1 is 0.917 bits per heavy atom. The zero-order valence-corrected chi connectivity index (χ0v) is 21.3. The van der Waals surface area contributed by atoms with E-state index < -0.39 is 23.5 Å². The number of amides is 1. The minimum absolute atomic E-state index is 0.131. The predicted molar refractivity (Wildman–Crippen MR) is 138 cm³/mol. The van der Waals surface area contributed by atoms with Crippen LogP contribution in [0.3, 0.4) is 0 Å². The topological polar surface area (TPSA) is 85.3 Å². The average molecular weight is 528 g/mol. The summed E-state index contributed by atoms with van der Waals surface area (Å²) in [7, 11) is 2.95. The normalized spacial score (nSPS) is 16.8. The number of ether oxygens (including phenoxy) is 3. The Kier molecular flexibility index (Phi) is 7.43. The van der Waals surface area contributed by atoms with Gasteiger partial charge in [0.2, 0.25) is 0 Å². The van der Waals surface area contributed by atoms with Crippen molar-refractivity contribution in [1.82, 2.24) is 0 Å². The van der Waals surface area contributed by atoms with Crippen molar-refractivity contribution >= 4 is 46.3 Å². The Morgan fingerprint density at radius 2 is 1.61 bits per heavy atom. The van der Waals surface area contributed by atoms with Crippen LogP contribution < -0.4 is 19.1 Å². The molecule has 1 N–H and O–H groups in total. The van der Waals surface area contributed by atoms with Crippen molar-refractivity contribution in [2.24, 2.45) is 0 Å². The highest BCUT2D eigenvalue weighted by Crippen LogP contribution is 2.45. The lowest BCUT2D eigenvalue weighted by atomic mass is 9.94. The van der Waals surface area contributed by atoms with Crippen LogP contribution in [0.25, 0.3) is 5.76 Å². The quantitative estimate of drug-likeness (QED) is 0.229. The van der Waals surface area contributed by atoms with Gasteiger partial charge in [0, 0.05) is 15.7 Å². The molecular formula is C27H23Cl2NO6. The molecule has 0 radical (unpaired) electrons. The monoisotopic (exact) mass is 527 g/mol. The first-order chi connectivity index (χ1) is 17.3. The van der Waals surface area contributed by atoms with E-state index in [9.17, 15) is 14.7 Å². The summed E-state index contributed by atoms with van der Waals surface area (Å²) in [5.41, 5.74) is 0.951. The summed E-state index contributed by atoms with van der Waals surface area (Å²) in [6.45, 7) is 2.20. The molecule has 3 aromatic rings. The van der Waals surface area contributed by atoms with Crippen LogP contribution in [0.1, 0.15) is 24.1 Å². The summed E-state index contributed by atoms with van der Waals surface area (Å²) in [6, 6.07) is 15.3. The molecule has 36 heavy (non-hydrogen) atoms. The Bertz CT molecular complexity index is 1370. The molecule has 1 aliphatic rings. The van der Waals surface area contributed by atoms with Gasteiger partial charge in [-0.1, -0.05) is 35.3 Å². The lowest BCUT2D eigenvalue weighted by Gasteiger charge is -2.26. The second-order valence-corrected chi connectivity index (χ2v) is 8.71. The number of ketones is 1. The van der Waals surface area contributed by atoms with Crippen LogP contribution >= 0.6 is 23.2 Å². The first-order valence-electron chi connectivity index (χ1n) is 11.0. The minimum atomic E-state index is -1.00. The van der Waals surface area contributed by atoms with Crippen LogP contribution in [0.2, 0.25) is 10.0 Å². The van der Waals surface area contributed by atoms with Gasteiger partial charge >= 0.3 is 0 Å². The van der Waals surface area contributed by atoms with Crippen molar-refractivity contribution in [1.29, 1.82) is 0 Å². The fourth-order valence-corrected chi connectivity index (χ4v) is 4.54. The molecule has 0 saturated carbocycles. The van der Waals surface area contributed by atoms with Gasteiger partial charge in [-0.2, -0.15) is 0 Å². The van der Waals surface area contributed by atoms with Crippen molar-refractivity contribution in [3.63, 3.8) is 0 Å². The van der Waals surface area contributed by atoms with Crippen LogP contribution in [-0.2, 0) is 9.59 Å². The molecule has 0 bridgehead atoms. The van der Waals surface area contributed by atoms with E-state index in [4.69, 9.17) is 37.4 Å². The molecule has 0 spiro atoms. The van der Waals surface area contributed by atoms with Crippen molar-refractivity contribution in [3.05, 3.63) is 87.4 Å². The second-order valence-electron chi connectivity index (χ2n) is 7.84. The maximum atomic E-state index is 13.4. The standard InChI is InChI=1S/C27H23Cl2NO6/c1-4-36-22-12-15(8-10-21(22)35-3)24-23(25(31)19-14-17(29)9-11-20(19)34-2)26(32)27(33)30(24)18-7-5-6-16(28)13-18/h5-14,24,31H,4H2,1-3H3/b25-23+. The van der Waals surface area contributed by atoms with Crippen LogP contribution in [0.4, 0.5) is 5.69 Å². The van der Waals surface area contributed by atoms with Gasteiger partial charge in [-0.05, 0) is 61.0 Å². The number of benzene rings is 3. The molecule has 1 saturated heterocycles. The molecule has 1 fully saturated rings. The molecule has 1 unspecified atom stereocenters. The predicted octanol–water partition coefficient (Wildman–Crippen LogP) is 6.04. The zero-order valence-electron chi connectivity index (χ0n) is 19.7. The molecule has 0 aromatic heterocycles. The fourth-order valence-electron chi connectivity index (χ4n) is 4.18. The number of halogens is 2. The van der Waals surface area contributed by atoms with Gasteiger partial charge in [0.05, 0.1) is 38.0 Å². The van der Waals surface area contributed by atoms with E-state index >= 15 is 0 Å². The highest BCUT2D eigenvalue weighted by molar-refractivity contribution is 6.52. The number of carbonyl (C=O) groups excluding carboxylic acids is 2. The number of carbonyl (C=O) groups is 2. The summed E-state index contributed by atoms with van der Waals surface area (Å²) in [4.78, 5) is 28.1. The number of rotatable bonds is 7. The SMILES string of the molecule is CCOc1cc(C2/C(=C(\O)c3cc(Cl)ccc3OC)C(=O)C(=O)N2c2cccc(Cl)c2)ccc1OC. The number of anilines is 1. The molecule has 9 heteroatoms. The number of Topliss-reactive ketones (excluding diaryl/α,β-unsaturated/α-hetero) is 1. The first kappa shape index (κ1) is 25.4. The van der Waals surface area contributed by atoms with Gasteiger partial charge in [-0.3, -0.25) is 14.5 Å². The average Bonchev–Trinajstić information content (AvgIpc) is 3.14. The third kappa shape index (κ3) is 4.59. The zero-order chi connectivity index (χ0) is 26.0. The van der Waals surface area contributed by atoms with Crippen molar-refractivity contribution in [3.8, 4) is 17.2 Å². The molecule has 0 aliphatic carbocycles. The summed E-state index contributed by atoms with van der Waals surface area (Å²) in [6.07, 6.45) is 0. The van der Waals surface area contributed by atoms with E-state index in [1.54, 1.807) is 54.6 Å². The van der Waals surface area contributed by atoms with E-state index in [0.717, 1.165) is 0 Å². The Hall–Kier alpha value is -3.68. The smallest absolute Gasteiger partial charge is 0.300 e. The van der Waals surface area contributed by atoms with Crippen molar-refractivity contribution < 1.29 is 28.9 Å². The van der Waals surface area contributed by atoms with Crippen LogP contribution in [0.15, 0.2) is 66.2 Å². The molecule has 1 heterocycles. The summed E-state index contributed by atoms with van der Waals surface area (Å²) in [5.74, 6) is -0.913. The van der Waals surface area contributed by atoms with Gasteiger partial charge in [-0.15, -0.1) is 0 Å². The van der Waals surface area contributed by atoms with Crippen LogP contribution in [-0.4, -0.2) is 37.6 Å². The lowest BCUT2D eigenvalue weighted by Crippen LogP contribution is -2.29. The van der Waals surface area contributed by atoms with Gasteiger partial charge in [0.15, 0.2) is 11.5 Å². The highest BCUT2D eigenvalue weighted by atomic mass is 35.5. The van der Waals surface area contributed by atoms with Gasteiger partial charge in [-0.25, -0.2) is 0 Å². The number of hydrogen-bond donors (Lipinski definition) is 1. The summed E-state index contributed by atoms with van der Waals surface area (Å²) >= 11 is 12.4. The molecule has 1 atom stereocenters. The van der Waals surface area contributed by atoms with E-state index in [1.807, 2.05) is 6.92 Å². The number of hydrogen-bond acceptors (Lipinski definition) is 6. The molecule has 7 nitrogen and oxygen atoms in total. The minimum Gasteiger partial charge on any atom is -0.507 e. The van der Waals surface area contributed by atoms with Gasteiger partial charge in [0.1, 0.15) is 11.5 Å². The lowest BCUT2D eigenvalue weighted by molar-refractivity contribution is -0.132. The van der Waals surface area contributed by atoms with E-state index in [2.05, 4.69) is 0 Å². The largest absolute Gasteiger partial charge is 0.507 e.